The van der Waals surface area contributed by atoms with Crippen molar-refractivity contribution in [2.24, 2.45) is 11.8 Å². The number of amides is 3. The molecule has 1 fully saturated rings. The zero-order chi connectivity index (χ0) is 21.5. The molecule has 0 aromatic rings. The number of carboxylic acid groups (broad SMARTS) is 1. The van der Waals surface area contributed by atoms with Gasteiger partial charge in [-0.3, -0.25) is 9.59 Å². The van der Waals surface area contributed by atoms with Crippen LogP contribution in [0, 0.1) is 11.8 Å². The van der Waals surface area contributed by atoms with E-state index in [0.717, 1.165) is 12.8 Å². The normalized spacial score (nSPS) is 21.8. The van der Waals surface area contributed by atoms with E-state index in [-0.39, 0.29) is 23.7 Å². The second kappa shape index (κ2) is 10.3. The molecule has 9 nitrogen and oxygen atoms in total. The molecule has 0 bridgehead atoms. The lowest BCUT2D eigenvalue weighted by molar-refractivity contribution is -0.307. The molecule has 0 spiro atoms. The first-order chi connectivity index (χ1) is 12.9. The van der Waals surface area contributed by atoms with Gasteiger partial charge in [0, 0.05) is 12.5 Å². The Kier molecular flexibility index (Phi) is 8.71. The monoisotopic (exact) mass is 398 g/mol. The number of carboxylic acids is 1. The van der Waals surface area contributed by atoms with Crippen LogP contribution >= 0.6 is 0 Å². The van der Waals surface area contributed by atoms with Gasteiger partial charge in [-0.05, 0) is 66.2 Å². The first-order valence-electron chi connectivity index (χ1n) is 9.67. The molecule has 0 aromatic heterocycles. The minimum atomic E-state index is -1.31. The van der Waals surface area contributed by atoms with Crippen LogP contribution < -0.4 is 21.1 Å². The number of hydrogen-bond donors (Lipinski definition) is 3. The molecule has 1 aliphatic rings. The number of ether oxygens (including phenoxy) is 1. The third-order valence-corrected chi connectivity index (χ3v) is 4.62. The first-order valence-corrected chi connectivity index (χ1v) is 9.67. The Morgan fingerprint density at radius 2 is 1.57 bits per heavy atom. The molecule has 3 amide bonds. The third-order valence-electron chi connectivity index (χ3n) is 4.62. The molecule has 0 aliphatic heterocycles. The lowest BCUT2D eigenvalue weighted by atomic mass is 9.81. The van der Waals surface area contributed by atoms with E-state index in [1.165, 1.54) is 6.92 Å². The van der Waals surface area contributed by atoms with E-state index in [0.29, 0.717) is 19.4 Å². The minimum Gasteiger partial charge on any atom is -0.548 e. The van der Waals surface area contributed by atoms with E-state index in [2.05, 4.69) is 16.0 Å². The highest BCUT2D eigenvalue weighted by Crippen LogP contribution is 2.28. The summed E-state index contributed by atoms with van der Waals surface area (Å²) in [5, 5.41) is 18.5. The van der Waals surface area contributed by atoms with Crippen molar-refractivity contribution in [2.75, 3.05) is 6.54 Å². The van der Waals surface area contributed by atoms with Gasteiger partial charge in [0.15, 0.2) is 0 Å². The highest BCUT2D eigenvalue weighted by molar-refractivity contribution is 5.85. The van der Waals surface area contributed by atoms with Crippen LogP contribution in [0.25, 0.3) is 0 Å². The van der Waals surface area contributed by atoms with Crippen LogP contribution in [-0.2, 0) is 19.1 Å². The quantitative estimate of drug-likeness (QED) is 0.555. The first kappa shape index (κ1) is 23.7. The molecule has 1 saturated carbocycles. The van der Waals surface area contributed by atoms with Gasteiger partial charge in [0.2, 0.25) is 11.8 Å². The predicted octanol–water partition coefficient (Wildman–Crippen LogP) is 0.0768. The molecule has 9 heteroatoms. The Bertz CT molecular complexity index is 579. The summed E-state index contributed by atoms with van der Waals surface area (Å²) in [5.41, 5.74) is -0.635. The zero-order valence-electron chi connectivity index (χ0n) is 17.3. The van der Waals surface area contributed by atoms with Gasteiger partial charge < -0.3 is 30.6 Å². The predicted molar refractivity (Wildman–Crippen MR) is 99.9 cm³/mol. The summed E-state index contributed by atoms with van der Waals surface area (Å²) in [6.45, 7) is 8.65. The fourth-order valence-corrected chi connectivity index (χ4v) is 2.97. The smallest absolute Gasteiger partial charge is 0.408 e. The van der Waals surface area contributed by atoms with Gasteiger partial charge in [-0.2, -0.15) is 0 Å². The standard InChI is InChI=1S/C19H33N3O6/c1-11(22-18(27)28-19(3,4)5)15(23)20-10-13-6-8-14(9-7-13)16(24)21-12(2)17(25)26/h11-14H,6-10H2,1-5H3,(H,20,23)(H,21,24)(H,22,27)(H,25,26)/p-1/t11-,12+,13?,14?/m1/s1. The van der Waals surface area contributed by atoms with Crippen LogP contribution in [0.3, 0.4) is 0 Å². The Morgan fingerprint density at radius 3 is 2.07 bits per heavy atom. The van der Waals surface area contributed by atoms with Gasteiger partial charge in [-0.25, -0.2) is 4.79 Å². The van der Waals surface area contributed by atoms with Gasteiger partial charge in [-0.15, -0.1) is 0 Å². The summed E-state index contributed by atoms with van der Waals surface area (Å²) in [5.74, 6) is -1.86. The van der Waals surface area contributed by atoms with E-state index < -0.39 is 29.7 Å². The highest BCUT2D eigenvalue weighted by Gasteiger charge is 2.28. The van der Waals surface area contributed by atoms with Crippen LogP contribution in [0.15, 0.2) is 0 Å². The lowest BCUT2D eigenvalue weighted by Gasteiger charge is -2.29. The molecule has 28 heavy (non-hydrogen) atoms. The number of carbonyl (C=O) groups excluding carboxylic acids is 4. The van der Waals surface area contributed by atoms with Gasteiger partial charge >= 0.3 is 6.09 Å². The second-order valence-corrected chi connectivity index (χ2v) is 8.38. The number of hydrogen-bond acceptors (Lipinski definition) is 6. The summed E-state index contributed by atoms with van der Waals surface area (Å²) in [6.07, 6.45) is 2.14. The summed E-state index contributed by atoms with van der Waals surface area (Å²) in [4.78, 5) is 46.6. The van der Waals surface area contributed by atoms with E-state index in [4.69, 9.17) is 4.74 Å². The van der Waals surface area contributed by atoms with Crippen molar-refractivity contribution < 1.29 is 29.0 Å². The summed E-state index contributed by atoms with van der Waals surface area (Å²) < 4.78 is 5.12. The Balaban J connectivity index is 2.32. The van der Waals surface area contributed by atoms with Crippen molar-refractivity contribution >= 4 is 23.9 Å². The molecule has 0 aromatic carbocycles. The van der Waals surface area contributed by atoms with Crippen LogP contribution in [0.1, 0.15) is 60.3 Å². The van der Waals surface area contributed by atoms with Crippen LogP contribution in [0.5, 0.6) is 0 Å². The zero-order valence-corrected chi connectivity index (χ0v) is 17.3. The fourth-order valence-electron chi connectivity index (χ4n) is 2.97. The molecule has 1 aliphatic carbocycles. The second-order valence-electron chi connectivity index (χ2n) is 8.38. The summed E-state index contributed by atoms with van der Waals surface area (Å²) >= 11 is 0. The van der Waals surface area contributed by atoms with Crippen LogP contribution in [-0.4, -0.2) is 48.1 Å². The number of rotatable bonds is 7. The number of alkyl carbamates (subject to hydrolysis) is 1. The summed E-state index contributed by atoms with van der Waals surface area (Å²) in [6, 6.07) is -1.73. The molecule has 0 saturated heterocycles. The molecule has 0 unspecified atom stereocenters. The topological polar surface area (TPSA) is 137 Å². The highest BCUT2D eigenvalue weighted by atomic mass is 16.6. The van der Waals surface area contributed by atoms with Gasteiger partial charge in [-0.1, -0.05) is 0 Å². The van der Waals surface area contributed by atoms with E-state index in [9.17, 15) is 24.3 Å². The van der Waals surface area contributed by atoms with Crippen molar-refractivity contribution in [2.45, 2.75) is 78.0 Å². The molecule has 1 rings (SSSR count). The SMILES string of the molecule is C[C@H](NC(=O)C1CCC(CNC(=O)[C@@H](C)NC(=O)OC(C)(C)C)CC1)C(=O)[O-]. The average Bonchev–Trinajstić information content (AvgIpc) is 2.57. The average molecular weight is 398 g/mol. The maximum atomic E-state index is 12.1. The van der Waals surface area contributed by atoms with Crippen molar-refractivity contribution in [1.82, 2.24) is 16.0 Å². The van der Waals surface area contributed by atoms with Crippen molar-refractivity contribution in [3.8, 4) is 0 Å². The Hall–Kier alpha value is -2.32. The fraction of sp³-hybridized carbons (Fsp3) is 0.789. The Labute approximate surface area is 166 Å². The van der Waals surface area contributed by atoms with E-state index in [1.807, 2.05) is 0 Å². The van der Waals surface area contributed by atoms with Gasteiger partial charge in [0.05, 0.1) is 12.0 Å². The van der Waals surface area contributed by atoms with E-state index >= 15 is 0 Å². The maximum Gasteiger partial charge on any atom is 0.408 e. The number of nitrogens with one attached hydrogen (secondary N) is 3. The van der Waals surface area contributed by atoms with Crippen molar-refractivity contribution in [3.63, 3.8) is 0 Å². The van der Waals surface area contributed by atoms with E-state index in [1.54, 1.807) is 27.7 Å². The number of carbonyl (C=O) groups is 4. The lowest BCUT2D eigenvalue weighted by Crippen LogP contribution is -2.49. The van der Waals surface area contributed by atoms with Gasteiger partial charge in [0.1, 0.15) is 11.6 Å². The summed E-state index contributed by atoms with van der Waals surface area (Å²) in [7, 11) is 0. The molecule has 3 N–H and O–H groups in total. The van der Waals surface area contributed by atoms with Crippen molar-refractivity contribution in [3.05, 3.63) is 0 Å². The van der Waals surface area contributed by atoms with Crippen LogP contribution in [0.4, 0.5) is 4.79 Å². The van der Waals surface area contributed by atoms with Crippen LogP contribution in [0.2, 0.25) is 0 Å². The van der Waals surface area contributed by atoms with Crippen molar-refractivity contribution in [1.29, 1.82) is 0 Å². The van der Waals surface area contributed by atoms with Gasteiger partial charge in [0.25, 0.3) is 0 Å². The molecular formula is C19H32N3O6-. The largest absolute Gasteiger partial charge is 0.548 e. The molecule has 0 radical (unpaired) electrons. The minimum absolute atomic E-state index is 0.221. The molecular weight excluding hydrogens is 366 g/mol. The molecule has 160 valence electrons. The third kappa shape index (κ3) is 8.58. The molecule has 0 heterocycles. The number of aliphatic carboxylic acids is 1. The maximum absolute atomic E-state index is 12.1. The molecule has 2 atom stereocenters. The Morgan fingerprint density at radius 1 is 1.00 bits per heavy atom.